The van der Waals surface area contributed by atoms with E-state index in [-0.39, 0.29) is 5.78 Å². The van der Waals surface area contributed by atoms with E-state index in [1.54, 1.807) is 13.0 Å². The molecular weight excluding hydrogens is 184 g/mol. The van der Waals surface area contributed by atoms with Gasteiger partial charge in [-0.2, -0.15) is 0 Å². The Bertz CT molecular complexity index is 369. The SMILES string of the molecule is CC(=O)c1cc(Cl)c2c(c1)CCC2. The minimum atomic E-state index is 0.0941. The molecule has 0 fully saturated rings. The highest BCUT2D eigenvalue weighted by atomic mass is 35.5. The van der Waals surface area contributed by atoms with Crippen LogP contribution in [-0.4, -0.2) is 5.78 Å². The molecule has 0 atom stereocenters. The van der Waals surface area contributed by atoms with E-state index in [2.05, 4.69) is 0 Å². The molecule has 0 N–H and O–H groups in total. The summed E-state index contributed by atoms with van der Waals surface area (Å²) in [5.41, 5.74) is 3.25. The Morgan fingerprint density at radius 2 is 2.15 bits per heavy atom. The van der Waals surface area contributed by atoms with Crippen molar-refractivity contribution in [2.24, 2.45) is 0 Å². The second-order valence-electron chi connectivity index (χ2n) is 3.51. The number of hydrogen-bond donors (Lipinski definition) is 0. The number of benzene rings is 1. The van der Waals surface area contributed by atoms with Crippen molar-refractivity contribution in [2.75, 3.05) is 0 Å². The average molecular weight is 195 g/mol. The van der Waals surface area contributed by atoms with Crippen molar-refractivity contribution in [1.82, 2.24) is 0 Å². The number of Topliss-reactive ketones (excluding diaryl/α,β-unsaturated/α-hetero) is 1. The number of halogens is 1. The summed E-state index contributed by atoms with van der Waals surface area (Å²) in [5, 5.41) is 0.764. The van der Waals surface area contributed by atoms with Crippen LogP contribution in [0.25, 0.3) is 0 Å². The van der Waals surface area contributed by atoms with Gasteiger partial charge in [0.1, 0.15) is 0 Å². The van der Waals surface area contributed by atoms with E-state index < -0.39 is 0 Å². The molecule has 0 saturated heterocycles. The lowest BCUT2D eigenvalue weighted by atomic mass is 10.0. The van der Waals surface area contributed by atoms with Crippen LogP contribution in [0.15, 0.2) is 12.1 Å². The van der Waals surface area contributed by atoms with Gasteiger partial charge in [0.25, 0.3) is 0 Å². The molecule has 1 aliphatic rings. The molecule has 0 heterocycles. The van der Waals surface area contributed by atoms with Crippen LogP contribution in [0.5, 0.6) is 0 Å². The highest BCUT2D eigenvalue weighted by Gasteiger charge is 2.16. The van der Waals surface area contributed by atoms with Crippen LogP contribution in [0.2, 0.25) is 5.02 Å². The Hall–Kier alpha value is -0.820. The van der Waals surface area contributed by atoms with Gasteiger partial charge in [0.15, 0.2) is 5.78 Å². The van der Waals surface area contributed by atoms with Gasteiger partial charge in [-0.25, -0.2) is 0 Å². The fourth-order valence-electron chi connectivity index (χ4n) is 1.86. The van der Waals surface area contributed by atoms with Crippen LogP contribution in [0, 0.1) is 0 Å². The minimum absolute atomic E-state index is 0.0941. The Morgan fingerprint density at radius 3 is 2.85 bits per heavy atom. The van der Waals surface area contributed by atoms with Crippen LogP contribution in [0.1, 0.15) is 34.8 Å². The topological polar surface area (TPSA) is 17.1 Å². The van der Waals surface area contributed by atoms with Gasteiger partial charge in [0.2, 0.25) is 0 Å². The smallest absolute Gasteiger partial charge is 0.159 e. The Kier molecular flexibility index (Phi) is 2.12. The number of aryl methyl sites for hydroxylation is 1. The van der Waals surface area contributed by atoms with E-state index in [4.69, 9.17) is 11.6 Å². The van der Waals surface area contributed by atoms with Crippen molar-refractivity contribution in [3.63, 3.8) is 0 Å². The Labute approximate surface area is 82.7 Å². The maximum atomic E-state index is 11.1. The third-order valence-electron chi connectivity index (χ3n) is 2.57. The summed E-state index contributed by atoms with van der Waals surface area (Å²) < 4.78 is 0. The summed E-state index contributed by atoms with van der Waals surface area (Å²) in [4.78, 5) is 11.1. The van der Waals surface area contributed by atoms with Crippen LogP contribution >= 0.6 is 11.6 Å². The summed E-state index contributed by atoms with van der Waals surface area (Å²) in [6, 6.07) is 3.77. The maximum Gasteiger partial charge on any atom is 0.159 e. The molecule has 1 aromatic rings. The molecule has 1 nitrogen and oxygen atoms in total. The van der Waals surface area contributed by atoms with Gasteiger partial charge < -0.3 is 0 Å². The van der Waals surface area contributed by atoms with E-state index in [1.807, 2.05) is 6.07 Å². The molecule has 0 bridgehead atoms. The number of ketones is 1. The van der Waals surface area contributed by atoms with Crippen molar-refractivity contribution < 1.29 is 4.79 Å². The minimum Gasteiger partial charge on any atom is -0.295 e. The molecule has 0 spiro atoms. The van der Waals surface area contributed by atoms with Gasteiger partial charge in [-0.1, -0.05) is 11.6 Å². The fraction of sp³-hybridized carbons (Fsp3) is 0.364. The lowest BCUT2D eigenvalue weighted by molar-refractivity contribution is 0.101. The van der Waals surface area contributed by atoms with Crippen molar-refractivity contribution in [3.05, 3.63) is 33.8 Å². The van der Waals surface area contributed by atoms with Crippen LogP contribution in [0.3, 0.4) is 0 Å². The largest absolute Gasteiger partial charge is 0.295 e. The third kappa shape index (κ3) is 1.49. The molecular formula is C11H11ClO. The van der Waals surface area contributed by atoms with Crippen molar-refractivity contribution in [1.29, 1.82) is 0 Å². The zero-order valence-electron chi connectivity index (χ0n) is 7.56. The summed E-state index contributed by atoms with van der Waals surface area (Å²) in [6.07, 6.45) is 3.29. The van der Waals surface area contributed by atoms with E-state index in [9.17, 15) is 4.79 Å². The third-order valence-corrected chi connectivity index (χ3v) is 2.90. The molecule has 0 amide bonds. The first kappa shape index (κ1) is 8.76. The summed E-state index contributed by atoms with van der Waals surface area (Å²) in [6.45, 7) is 1.58. The molecule has 0 saturated carbocycles. The second kappa shape index (κ2) is 3.15. The van der Waals surface area contributed by atoms with Gasteiger partial charge in [-0.3, -0.25) is 4.79 Å². The van der Waals surface area contributed by atoms with E-state index in [0.717, 1.165) is 29.8 Å². The summed E-state index contributed by atoms with van der Waals surface area (Å²) >= 11 is 6.07. The number of carbonyl (C=O) groups is 1. The number of carbonyl (C=O) groups excluding carboxylic acids is 1. The van der Waals surface area contributed by atoms with Crippen molar-refractivity contribution in [3.8, 4) is 0 Å². The molecule has 0 aromatic heterocycles. The molecule has 0 radical (unpaired) electrons. The molecule has 2 rings (SSSR count). The monoisotopic (exact) mass is 194 g/mol. The number of hydrogen-bond acceptors (Lipinski definition) is 1. The van der Waals surface area contributed by atoms with Gasteiger partial charge in [-0.05, 0) is 49.4 Å². The molecule has 0 aliphatic heterocycles. The van der Waals surface area contributed by atoms with Crippen LogP contribution < -0.4 is 0 Å². The van der Waals surface area contributed by atoms with Crippen LogP contribution in [0.4, 0.5) is 0 Å². The molecule has 13 heavy (non-hydrogen) atoms. The van der Waals surface area contributed by atoms with Crippen LogP contribution in [-0.2, 0) is 12.8 Å². The molecule has 2 heteroatoms. The van der Waals surface area contributed by atoms with Gasteiger partial charge in [-0.15, -0.1) is 0 Å². The maximum absolute atomic E-state index is 11.1. The molecule has 1 aromatic carbocycles. The lowest BCUT2D eigenvalue weighted by Gasteiger charge is -2.04. The first-order valence-corrected chi connectivity index (χ1v) is 4.88. The molecule has 68 valence electrons. The molecule has 0 unspecified atom stereocenters. The zero-order valence-corrected chi connectivity index (χ0v) is 8.32. The average Bonchev–Trinajstić information content (AvgIpc) is 2.51. The normalized spacial score (nSPS) is 14.3. The van der Waals surface area contributed by atoms with Gasteiger partial charge >= 0.3 is 0 Å². The predicted molar refractivity (Wildman–Crippen MR) is 53.5 cm³/mol. The number of rotatable bonds is 1. The predicted octanol–water partition coefficient (Wildman–Crippen LogP) is 3.03. The second-order valence-corrected chi connectivity index (χ2v) is 3.91. The summed E-state index contributed by atoms with van der Waals surface area (Å²) in [5.74, 6) is 0.0941. The quantitative estimate of drug-likeness (QED) is 0.628. The zero-order chi connectivity index (χ0) is 9.42. The van der Waals surface area contributed by atoms with E-state index >= 15 is 0 Å². The van der Waals surface area contributed by atoms with E-state index in [1.165, 1.54) is 11.1 Å². The lowest BCUT2D eigenvalue weighted by Crippen LogP contribution is -1.95. The Balaban J connectivity index is 2.55. The first-order valence-electron chi connectivity index (χ1n) is 4.50. The molecule has 1 aliphatic carbocycles. The van der Waals surface area contributed by atoms with Gasteiger partial charge in [0, 0.05) is 10.6 Å². The first-order chi connectivity index (χ1) is 6.18. The number of fused-ring (bicyclic) bond motifs is 1. The fourth-order valence-corrected chi connectivity index (χ4v) is 2.19. The van der Waals surface area contributed by atoms with Crippen molar-refractivity contribution >= 4 is 17.4 Å². The highest BCUT2D eigenvalue weighted by Crippen LogP contribution is 2.30. The van der Waals surface area contributed by atoms with Gasteiger partial charge in [0.05, 0.1) is 0 Å². The van der Waals surface area contributed by atoms with E-state index in [0.29, 0.717) is 0 Å². The Morgan fingerprint density at radius 1 is 1.38 bits per heavy atom. The standard InChI is InChI=1S/C11H11ClO/c1-7(13)9-5-8-3-2-4-10(8)11(12)6-9/h5-6H,2-4H2,1H3. The highest BCUT2D eigenvalue weighted by molar-refractivity contribution is 6.32. The summed E-state index contributed by atoms with van der Waals surface area (Å²) in [7, 11) is 0. The van der Waals surface area contributed by atoms with Crippen molar-refractivity contribution in [2.45, 2.75) is 26.2 Å².